The van der Waals surface area contributed by atoms with Gasteiger partial charge in [0.2, 0.25) is 0 Å². The predicted molar refractivity (Wildman–Crippen MR) is 151 cm³/mol. The molecule has 0 saturated carbocycles. The zero-order chi connectivity index (χ0) is 31.5. The average Bonchev–Trinajstić information content (AvgIpc) is 3.31. The highest BCUT2D eigenvalue weighted by molar-refractivity contribution is 5.96. The van der Waals surface area contributed by atoms with Gasteiger partial charge >= 0.3 is 12.1 Å². The number of carbonyl (C=O) groups is 2. The number of hydrogen-bond acceptors (Lipinski definition) is 8. The molecule has 2 aromatic heterocycles. The molecule has 2 atom stereocenters. The van der Waals surface area contributed by atoms with Crippen molar-refractivity contribution >= 4 is 34.3 Å². The van der Waals surface area contributed by atoms with Crippen molar-refractivity contribution in [3.63, 3.8) is 0 Å². The molecule has 0 radical (unpaired) electrons. The van der Waals surface area contributed by atoms with Crippen molar-refractivity contribution in [1.82, 2.24) is 19.7 Å². The monoisotopic (exact) mass is 602 g/mol. The molecule has 2 N–H and O–H groups in total. The number of benzene rings is 1. The Kier molecular flexibility index (Phi) is 9.15. The second kappa shape index (κ2) is 12.5. The van der Waals surface area contributed by atoms with E-state index in [4.69, 9.17) is 9.47 Å². The van der Waals surface area contributed by atoms with Gasteiger partial charge in [0.05, 0.1) is 36.8 Å². The summed E-state index contributed by atoms with van der Waals surface area (Å²) in [6.45, 7) is 4.30. The third-order valence-corrected chi connectivity index (χ3v) is 7.19. The van der Waals surface area contributed by atoms with Gasteiger partial charge in [-0.2, -0.15) is 23.5 Å². The Labute approximate surface area is 245 Å². The van der Waals surface area contributed by atoms with Crippen LogP contribution in [0.5, 0.6) is 0 Å². The summed E-state index contributed by atoms with van der Waals surface area (Å²) >= 11 is 0. The summed E-state index contributed by atoms with van der Waals surface area (Å²) in [5, 5.41) is 17.7. The largest absolute Gasteiger partial charge is 0.463 e. The Morgan fingerprint density at radius 2 is 2.09 bits per heavy atom. The molecule has 3 aromatic rings. The molecule has 0 aliphatic carbocycles. The second-order valence-corrected chi connectivity index (χ2v) is 11.2. The number of aromatic amines is 1. The standard InChI is InChI=1S/C29H33F3N6O5/c1-17(2)14-42-27(41)22-7-9-28(10-11-33,16-43-22)38-21-8-12-34-25(39)23(21)24(36-38)35-19-5-6-20(18(3)13-19)26(40)37(4)15-29(30,31)32/h5-6,8,12-13,17,22H,7,9-10,14-16H2,1-4H3,(H,34,39)(H,35,36). The lowest BCUT2D eigenvalue weighted by molar-refractivity contribution is -0.166. The maximum absolute atomic E-state index is 13.0. The van der Waals surface area contributed by atoms with Crippen LogP contribution in [0.4, 0.5) is 24.7 Å². The van der Waals surface area contributed by atoms with E-state index in [0.29, 0.717) is 28.1 Å². The van der Waals surface area contributed by atoms with E-state index in [9.17, 15) is 32.8 Å². The molecule has 1 aliphatic heterocycles. The maximum atomic E-state index is 13.0. The summed E-state index contributed by atoms with van der Waals surface area (Å²) in [7, 11) is 1.08. The Hall–Kier alpha value is -4.38. The van der Waals surface area contributed by atoms with Crippen molar-refractivity contribution in [3.05, 3.63) is 51.9 Å². The van der Waals surface area contributed by atoms with Gasteiger partial charge < -0.3 is 24.7 Å². The number of aryl methyl sites for hydroxylation is 1. The predicted octanol–water partition coefficient (Wildman–Crippen LogP) is 4.40. The lowest BCUT2D eigenvalue weighted by atomic mass is 9.87. The number of aromatic nitrogens is 3. The number of H-pyrrole nitrogens is 1. The van der Waals surface area contributed by atoms with Crippen LogP contribution < -0.4 is 10.9 Å². The van der Waals surface area contributed by atoms with Crippen LogP contribution in [0.15, 0.2) is 35.3 Å². The third kappa shape index (κ3) is 6.99. The minimum atomic E-state index is -4.53. The summed E-state index contributed by atoms with van der Waals surface area (Å²) in [4.78, 5) is 41.3. The first-order valence-electron chi connectivity index (χ1n) is 13.7. The van der Waals surface area contributed by atoms with Crippen LogP contribution in [0, 0.1) is 24.2 Å². The normalized spacial score (nSPS) is 18.8. The van der Waals surface area contributed by atoms with Crippen molar-refractivity contribution in [1.29, 1.82) is 5.26 Å². The van der Waals surface area contributed by atoms with Crippen molar-refractivity contribution in [2.24, 2.45) is 5.92 Å². The lowest BCUT2D eigenvalue weighted by Gasteiger charge is -2.38. The molecule has 43 heavy (non-hydrogen) atoms. The van der Waals surface area contributed by atoms with Gasteiger partial charge in [-0.15, -0.1) is 0 Å². The Morgan fingerprint density at radius 3 is 2.70 bits per heavy atom. The van der Waals surface area contributed by atoms with Crippen molar-refractivity contribution in [3.8, 4) is 6.07 Å². The highest BCUT2D eigenvalue weighted by Gasteiger charge is 2.42. The number of anilines is 2. The molecule has 0 spiro atoms. The zero-order valence-corrected chi connectivity index (χ0v) is 24.2. The number of rotatable bonds is 9. The van der Waals surface area contributed by atoms with Crippen molar-refractivity contribution < 1.29 is 32.2 Å². The van der Waals surface area contributed by atoms with E-state index in [2.05, 4.69) is 21.5 Å². The van der Waals surface area contributed by atoms with E-state index >= 15 is 0 Å². The fraction of sp³-hybridized carbons (Fsp3) is 0.483. The van der Waals surface area contributed by atoms with Gasteiger partial charge in [-0.05, 0) is 55.5 Å². The van der Waals surface area contributed by atoms with Crippen molar-refractivity contribution in [2.75, 3.05) is 32.1 Å². The topological polar surface area (TPSA) is 142 Å². The molecule has 230 valence electrons. The molecule has 0 bridgehead atoms. The van der Waals surface area contributed by atoms with E-state index in [0.717, 1.165) is 7.05 Å². The van der Waals surface area contributed by atoms with E-state index in [1.807, 2.05) is 13.8 Å². The minimum absolute atomic E-state index is 0.00879. The maximum Gasteiger partial charge on any atom is 0.406 e. The summed E-state index contributed by atoms with van der Waals surface area (Å²) in [6.07, 6.45) is -3.23. The van der Waals surface area contributed by atoms with Gasteiger partial charge in [0.15, 0.2) is 11.9 Å². The minimum Gasteiger partial charge on any atom is -0.463 e. The summed E-state index contributed by atoms with van der Waals surface area (Å²) in [5.74, 6) is -0.916. The van der Waals surface area contributed by atoms with Crippen molar-refractivity contribution in [2.45, 2.75) is 57.9 Å². The first kappa shape index (κ1) is 31.6. The SMILES string of the molecule is Cc1cc(Nc2nn(C3(CC#N)CCC(C(=O)OCC(C)C)OC3)c3cc[nH]c(=O)c23)ccc1C(=O)N(C)CC(F)(F)F. The van der Waals surface area contributed by atoms with Crippen LogP contribution in [-0.4, -0.2) is 70.6 Å². The van der Waals surface area contributed by atoms with Crippen LogP contribution in [0.2, 0.25) is 0 Å². The molecule has 3 heterocycles. The number of pyridine rings is 1. The Bertz CT molecular complexity index is 1600. The molecule has 2 unspecified atom stereocenters. The Balaban J connectivity index is 1.64. The molecular weight excluding hydrogens is 569 g/mol. The van der Waals surface area contributed by atoms with Gasteiger partial charge in [-0.1, -0.05) is 13.8 Å². The zero-order valence-electron chi connectivity index (χ0n) is 24.2. The quantitative estimate of drug-likeness (QED) is 0.343. The molecule has 4 rings (SSSR count). The van der Waals surface area contributed by atoms with Crippen LogP contribution in [-0.2, 0) is 19.8 Å². The van der Waals surface area contributed by atoms with E-state index in [-0.39, 0.29) is 48.7 Å². The highest BCUT2D eigenvalue weighted by atomic mass is 19.4. The van der Waals surface area contributed by atoms with Gasteiger partial charge in [0.25, 0.3) is 11.5 Å². The highest BCUT2D eigenvalue weighted by Crippen LogP contribution is 2.37. The number of nitrogens with zero attached hydrogens (tertiary/aromatic N) is 4. The molecule has 14 heteroatoms. The van der Waals surface area contributed by atoms with Gasteiger partial charge in [0, 0.05) is 24.5 Å². The van der Waals surface area contributed by atoms with E-state index in [1.165, 1.54) is 18.3 Å². The smallest absolute Gasteiger partial charge is 0.406 e. The molecule has 1 amide bonds. The summed E-state index contributed by atoms with van der Waals surface area (Å²) in [5.41, 5.74) is -0.0431. The summed E-state index contributed by atoms with van der Waals surface area (Å²) in [6, 6.07) is 8.31. The number of nitriles is 1. The van der Waals surface area contributed by atoms with Gasteiger partial charge in [-0.25, -0.2) is 4.79 Å². The molecule has 11 nitrogen and oxygen atoms in total. The third-order valence-electron chi connectivity index (χ3n) is 7.19. The number of esters is 1. The molecular formula is C29H33F3N6O5. The van der Waals surface area contributed by atoms with Crippen LogP contribution in [0.3, 0.4) is 0 Å². The number of fused-ring (bicyclic) bond motifs is 1. The van der Waals surface area contributed by atoms with Crippen LogP contribution >= 0.6 is 0 Å². The molecule has 1 aromatic carbocycles. The average molecular weight is 603 g/mol. The fourth-order valence-corrected chi connectivity index (χ4v) is 5.06. The van der Waals surface area contributed by atoms with E-state index < -0.39 is 41.8 Å². The van der Waals surface area contributed by atoms with E-state index in [1.54, 1.807) is 23.7 Å². The number of nitrogens with one attached hydrogen (secondary N) is 2. The Morgan fingerprint density at radius 1 is 1.35 bits per heavy atom. The fourth-order valence-electron chi connectivity index (χ4n) is 5.06. The molecule has 1 fully saturated rings. The lowest BCUT2D eigenvalue weighted by Crippen LogP contribution is -2.47. The number of amides is 1. The number of hydrogen-bond donors (Lipinski definition) is 2. The van der Waals surface area contributed by atoms with Crippen LogP contribution in [0.25, 0.3) is 10.9 Å². The van der Waals surface area contributed by atoms with Crippen LogP contribution in [0.1, 0.15) is 49.0 Å². The van der Waals surface area contributed by atoms with Gasteiger partial charge in [-0.3, -0.25) is 14.3 Å². The second-order valence-electron chi connectivity index (χ2n) is 11.2. The first-order valence-corrected chi connectivity index (χ1v) is 13.7. The summed E-state index contributed by atoms with van der Waals surface area (Å²) < 4.78 is 51.2. The number of halogens is 3. The number of ether oxygens (including phenoxy) is 2. The number of carbonyl (C=O) groups excluding carboxylic acids is 2. The molecule has 1 aliphatic rings. The molecule has 1 saturated heterocycles. The first-order chi connectivity index (χ1) is 20.2. The number of alkyl halides is 3. The van der Waals surface area contributed by atoms with Gasteiger partial charge in [0.1, 0.15) is 11.9 Å².